The number of carbonyl (C=O) groups is 2. The van der Waals surface area contributed by atoms with Crippen LogP contribution in [-0.4, -0.2) is 11.9 Å². The number of fused-ring (bicyclic) bond motifs is 1. The van der Waals surface area contributed by atoms with Crippen LogP contribution in [0.1, 0.15) is 29.7 Å². The Morgan fingerprint density at radius 3 is 2.50 bits per heavy atom. The van der Waals surface area contributed by atoms with Crippen LogP contribution in [0.15, 0.2) is 42.5 Å². The zero-order chi connectivity index (χ0) is 18.9. The Bertz CT molecular complexity index is 848. The molecule has 0 saturated carbocycles. The molecule has 3 amide bonds. The molecular weight excluding hydrogens is 347 g/mol. The normalized spacial score (nSPS) is 14.4. The number of nitrogens with one attached hydrogen (secondary N) is 3. The Balaban J connectivity index is 1.61. The maximum Gasteiger partial charge on any atom is 0.416 e. The van der Waals surface area contributed by atoms with Gasteiger partial charge in [-0.15, -0.1) is 0 Å². The van der Waals surface area contributed by atoms with E-state index >= 15 is 0 Å². The third-order valence-corrected chi connectivity index (χ3v) is 4.07. The predicted molar refractivity (Wildman–Crippen MR) is 90.8 cm³/mol. The van der Waals surface area contributed by atoms with Crippen molar-refractivity contribution < 1.29 is 22.8 Å². The summed E-state index contributed by atoms with van der Waals surface area (Å²) in [6.45, 7) is 1.78. The third kappa shape index (κ3) is 3.96. The fourth-order valence-electron chi connectivity index (χ4n) is 2.71. The van der Waals surface area contributed by atoms with Crippen LogP contribution in [-0.2, 0) is 17.4 Å². The topological polar surface area (TPSA) is 70.2 Å². The minimum absolute atomic E-state index is 0.0715. The maximum atomic E-state index is 12.5. The Morgan fingerprint density at radius 1 is 1.15 bits per heavy atom. The zero-order valence-corrected chi connectivity index (χ0v) is 13.8. The minimum atomic E-state index is -4.42. The number of amides is 3. The predicted octanol–water partition coefficient (Wildman–Crippen LogP) is 4.08. The van der Waals surface area contributed by atoms with Gasteiger partial charge in [-0.3, -0.25) is 4.79 Å². The van der Waals surface area contributed by atoms with Crippen molar-refractivity contribution in [2.45, 2.75) is 25.6 Å². The lowest BCUT2D eigenvalue weighted by molar-refractivity contribution is -0.137. The summed E-state index contributed by atoms with van der Waals surface area (Å²) in [5, 5.41) is 7.94. The quantitative estimate of drug-likeness (QED) is 0.769. The van der Waals surface area contributed by atoms with Crippen LogP contribution in [0.3, 0.4) is 0 Å². The van der Waals surface area contributed by atoms with Gasteiger partial charge in [-0.05, 0) is 48.4 Å². The summed E-state index contributed by atoms with van der Waals surface area (Å²) in [5.74, 6) is -0.0715. The first-order chi connectivity index (χ1) is 12.2. The van der Waals surface area contributed by atoms with Crippen molar-refractivity contribution in [3.05, 3.63) is 59.2 Å². The summed E-state index contributed by atoms with van der Waals surface area (Å²) < 4.78 is 37.6. The Morgan fingerprint density at radius 2 is 1.85 bits per heavy atom. The van der Waals surface area contributed by atoms with Crippen molar-refractivity contribution in [1.82, 2.24) is 5.32 Å². The van der Waals surface area contributed by atoms with Gasteiger partial charge in [-0.1, -0.05) is 12.1 Å². The van der Waals surface area contributed by atoms with Crippen LogP contribution in [0.4, 0.5) is 29.3 Å². The molecule has 2 aromatic rings. The number of urea groups is 1. The summed E-state index contributed by atoms with van der Waals surface area (Å²) in [5.41, 5.74) is 1.93. The van der Waals surface area contributed by atoms with Crippen LogP contribution >= 0.6 is 0 Å². The Hall–Kier alpha value is -3.03. The number of rotatable bonds is 3. The number of carbonyl (C=O) groups excluding carboxylic acids is 2. The summed E-state index contributed by atoms with van der Waals surface area (Å²) in [4.78, 5) is 23.4. The van der Waals surface area contributed by atoms with E-state index in [-0.39, 0.29) is 17.6 Å². The summed E-state index contributed by atoms with van der Waals surface area (Å²) in [6.07, 6.45) is -4.12. The smallest absolute Gasteiger partial charge is 0.331 e. The number of hydrogen-bond acceptors (Lipinski definition) is 2. The van der Waals surface area contributed by atoms with E-state index in [0.29, 0.717) is 6.42 Å². The highest BCUT2D eigenvalue weighted by atomic mass is 19.4. The van der Waals surface area contributed by atoms with Gasteiger partial charge in [0.05, 0.1) is 18.0 Å². The second-order valence-corrected chi connectivity index (χ2v) is 6.04. The van der Waals surface area contributed by atoms with E-state index in [2.05, 4.69) is 16.0 Å². The highest BCUT2D eigenvalue weighted by molar-refractivity contribution is 5.99. The largest absolute Gasteiger partial charge is 0.416 e. The maximum absolute atomic E-state index is 12.5. The molecule has 1 atom stereocenters. The molecule has 0 fully saturated rings. The van der Waals surface area contributed by atoms with Gasteiger partial charge in [0.1, 0.15) is 0 Å². The van der Waals surface area contributed by atoms with Gasteiger partial charge in [0, 0.05) is 11.4 Å². The van der Waals surface area contributed by atoms with Crippen molar-refractivity contribution in [3.63, 3.8) is 0 Å². The standard InChI is InChI=1S/C18H16F3N3O2/c1-10(11-2-7-15-12(8-11)9-16(25)24-15)22-17(26)23-14-5-3-13(4-6-14)18(19,20)21/h2-8,10H,9H2,1H3,(H,24,25)(H2,22,23,26)/t10-/m1/s1. The molecule has 0 aromatic heterocycles. The number of alkyl halides is 3. The van der Waals surface area contributed by atoms with Crippen molar-refractivity contribution >= 4 is 23.3 Å². The first-order valence-electron chi connectivity index (χ1n) is 7.90. The van der Waals surface area contributed by atoms with Crippen LogP contribution in [0.2, 0.25) is 0 Å². The van der Waals surface area contributed by atoms with E-state index in [1.54, 1.807) is 19.1 Å². The van der Waals surface area contributed by atoms with E-state index in [1.807, 2.05) is 6.07 Å². The number of hydrogen-bond donors (Lipinski definition) is 3. The second-order valence-electron chi connectivity index (χ2n) is 6.04. The van der Waals surface area contributed by atoms with Gasteiger partial charge in [0.15, 0.2) is 0 Å². The van der Waals surface area contributed by atoms with Crippen LogP contribution < -0.4 is 16.0 Å². The van der Waals surface area contributed by atoms with Gasteiger partial charge in [0.2, 0.25) is 5.91 Å². The molecule has 1 aliphatic rings. The average molecular weight is 363 g/mol. The fourth-order valence-corrected chi connectivity index (χ4v) is 2.71. The molecule has 5 nitrogen and oxygen atoms in total. The summed E-state index contributed by atoms with van der Waals surface area (Å²) in [7, 11) is 0. The van der Waals surface area contributed by atoms with Crippen LogP contribution in [0.25, 0.3) is 0 Å². The van der Waals surface area contributed by atoms with E-state index in [4.69, 9.17) is 0 Å². The lowest BCUT2D eigenvalue weighted by Gasteiger charge is -2.16. The highest BCUT2D eigenvalue weighted by Crippen LogP contribution is 2.30. The molecule has 2 aromatic carbocycles. The molecule has 0 aliphatic carbocycles. The molecule has 0 saturated heterocycles. The average Bonchev–Trinajstić information content (AvgIpc) is 2.93. The van der Waals surface area contributed by atoms with Gasteiger partial charge < -0.3 is 16.0 Å². The molecule has 0 unspecified atom stereocenters. The van der Waals surface area contributed by atoms with E-state index in [9.17, 15) is 22.8 Å². The molecule has 1 heterocycles. The Kier molecular flexibility index (Phi) is 4.58. The minimum Gasteiger partial charge on any atom is -0.331 e. The first-order valence-corrected chi connectivity index (χ1v) is 7.90. The van der Waals surface area contributed by atoms with Gasteiger partial charge in [-0.2, -0.15) is 13.2 Å². The van der Waals surface area contributed by atoms with Crippen LogP contribution in [0.5, 0.6) is 0 Å². The highest BCUT2D eigenvalue weighted by Gasteiger charge is 2.30. The van der Waals surface area contributed by atoms with Gasteiger partial charge in [-0.25, -0.2) is 4.79 Å². The van der Waals surface area contributed by atoms with Crippen molar-refractivity contribution in [2.24, 2.45) is 0 Å². The second kappa shape index (κ2) is 6.70. The molecule has 1 aliphatic heterocycles. The van der Waals surface area contributed by atoms with Crippen molar-refractivity contribution in [2.75, 3.05) is 10.6 Å². The molecule has 0 spiro atoms. The zero-order valence-electron chi connectivity index (χ0n) is 13.8. The fraction of sp³-hybridized carbons (Fsp3) is 0.222. The van der Waals surface area contributed by atoms with Gasteiger partial charge >= 0.3 is 12.2 Å². The molecule has 136 valence electrons. The van der Waals surface area contributed by atoms with E-state index in [1.165, 1.54) is 12.1 Å². The molecule has 3 rings (SSSR count). The molecule has 0 bridgehead atoms. The molecule has 8 heteroatoms. The molecule has 26 heavy (non-hydrogen) atoms. The van der Waals surface area contributed by atoms with Gasteiger partial charge in [0.25, 0.3) is 0 Å². The lowest BCUT2D eigenvalue weighted by Crippen LogP contribution is -2.31. The first kappa shape index (κ1) is 17.8. The Labute approximate surface area is 147 Å². The monoisotopic (exact) mass is 363 g/mol. The number of halogens is 3. The number of benzene rings is 2. The van der Waals surface area contributed by atoms with E-state index in [0.717, 1.165) is 28.9 Å². The van der Waals surface area contributed by atoms with Crippen molar-refractivity contribution in [1.29, 1.82) is 0 Å². The van der Waals surface area contributed by atoms with Crippen LogP contribution in [0, 0.1) is 0 Å². The molecule has 0 radical (unpaired) electrons. The van der Waals surface area contributed by atoms with Crippen molar-refractivity contribution in [3.8, 4) is 0 Å². The summed E-state index contributed by atoms with van der Waals surface area (Å²) >= 11 is 0. The summed E-state index contributed by atoms with van der Waals surface area (Å²) in [6, 6.07) is 8.75. The number of anilines is 2. The van der Waals surface area contributed by atoms with E-state index < -0.39 is 17.8 Å². The SMILES string of the molecule is C[C@@H](NC(=O)Nc1ccc(C(F)(F)F)cc1)c1ccc2c(c1)CC(=O)N2. The molecule has 3 N–H and O–H groups in total. The molecular formula is C18H16F3N3O2. The third-order valence-electron chi connectivity index (χ3n) is 4.07. The lowest BCUT2D eigenvalue weighted by atomic mass is 10.0.